The van der Waals surface area contributed by atoms with Crippen LogP contribution >= 0.6 is 0 Å². The Balaban J connectivity index is 1.91. The fourth-order valence-corrected chi connectivity index (χ4v) is 2.33. The minimum Gasteiger partial charge on any atom is -0.380 e. The molecule has 1 aliphatic rings. The number of carbonyl (C=O) groups excluding carboxylic acids is 1. The van der Waals surface area contributed by atoms with E-state index in [9.17, 15) is 13.6 Å². The van der Waals surface area contributed by atoms with Crippen molar-refractivity contribution in [3.05, 3.63) is 29.8 Å². The highest BCUT2D eigenvalue weighted by Gasteiger charge is 2.24. The maximum atomic E-state index is 13.5. The highest BCUT2D eigenvalue weighted by molar-refractivity contribution is 5.73. The molecule has 1 aliphatic heterocycles. The number of piperidine rings is 1. The SMILES string of the molecule is CN(C)C(=O)N1CCC(Nc2cc(F)ccc2F)CC1. The smallest absolute Gasteiger partial charge is 0.319 e. The first kappa shape index (κ1) is 14.6. The molecule has 6 heteroatoms. The summed E-state index contributed by atoms with van der Waals surface area (Å²) in [5, 5.41) is 3.01. The summed E-state index contributed by atoms with van der Waals surface area (Å²) in [5.41, 5.74) is 0.183. The van der Waals surface area contributed by atoms with Crippen molar-refractivity contribution in [3.63, 3.8) is 0 Å². The molecular formula is C14H19F2N3O. The van der Waals surface area contributed by atoms with Gasteiger partial charge in [0.2, 0.25) is 0 Å². The second kappa shape index (κ2) is 6.07. The highest BCUT2D eigenvalue weighted by Crippen LogP contribution is 2.20. The van der Waals surface area contributed by atoms with Gasteiger partial charge in [-0.25, -0.2) is 13.6 Å². The standard InChI is InChI=1S/C14H19F2N3O/c1-18(2)14(20)19-7-5-11(6-8-19)17-13-9-10(15)3-4-12(13)16/h3-4,9,11,17H,5-8H2,1-2H3. The minimum absolute atomic E-state index is 0.0135. The monoisotopic (exact) mass is 283 g/mol. The lowest BCUT2D eigenvalue weighted by molar-refractivity contribution is 0.158. The molecule has 110 valence electrons. The van der Waals surface area contributed by atoms with E-state index in [-0.39, 0.29) is 17.8 Å². The van der Waals surface area contributed by atoms with Gasteiger partial charge in [0.25, 0.3) is 0 Å². The molecule has 0 bridgehead atoms. The number of halogens is 2. The molecule has 1 aromatic carbocycles. The molecule has 2 amide bonds. The molecule has 1 N–H and O–H groups in total. The van der Waals surface area contributed by atoms with Gasteiger partial charge in [0, 0.05) is 33.2 Å². The van der Waals surface area contributed by atoms with Crippen LogP contribution in [0.3, 0.4) is 0 Å². The average molecular weight is 283 g/mol. The maximum Gasteiger partial charge on any atom is 0.319 e. The molecule has 0 saturated carbocycles. The summed E-state index contributed by atoms with van der Waals surface area (Å²) in [6, 6.07) is 3.41. The molecule has 0 radical (unpaired) electrons. The molecular weight excluding hydrogens is 264 g/mol. The Morgan fingerprint density at radius 2 is 1.95 bits per heavy atom. The lowest BCUT2D eigenvalue weighted by Crippen LogP contribution is -2.46. The summed E-state index contributed by atoms with van der Waals surface area (Å²) in [5.74, 6) is -0.924. The van der Waals surface area contributed by atoms with Crippen LogP contribution in [0.15, 0.2) is 18.2 Å². The predicted octanol–water partition coefficient (Wildman–Crippen LogP) is 2.52. The Hall–Kier alpha value is -1.85. The third kappa shape index (κ3) is 3.37. The summed E-state index contributed by atoms with van der Waals surface area (Å²) in [6.07, 6.45) is 1.44. The number of nitrogens with one attached hydrogen (secondary N) is 1. The summed E-state index contributed by atoms with van der Waals surface area (Å²) in [4.78, 5) is 15.1. The lowest BCUT2D eigenvalue weighted by atomic mass is 10.0. The van der Waals surface area contributed by atoms with Crippen molar-refractivity contribution in [2.75, 3.05) is 32.5 Å². The first-order chi connectivity index (χ1) is 9.47. The maximum absolute atomic E-state index is 13.5. The van der Waals surface area contributed by atoms with Gasteiger partial charge in [0.05, 0.1) is 5.69 Å². The number of hydrogen-bond acceptors (Lipinski definition) is 2. The van der Waals surface area contributed by atoms with E-state index < -0.39 is 11.6 Å². The van der Waals surface area contributed by atoms with Crippen molar-refractivity contribution >= 4 is 11.7 Å². The van der Waals surface area contributed by atoms with E-state index in [1.807, 2.05) is 0 Å². The summed E-state index contributed by atoms with van der Waals surface area (Å²) in [7, 11) is 3.43. The highest BCUT2D eigenvalue weighted by atomic mass is 19.1. The van der Waals surface area contributed by atoms with Crippen LogP contribution in [0.4, 0.5) is 19.3 Å². The van der Waals surface area contributed by atoms with Crippen LogP contribution in [0.2, 0.25) is 0 Å². The largest absolute Gasteiger partial charge is 0.380 e. The van der Waals surface area contributed by atoms with Crippen LogP contribution in [-0.4, -0.2) is 49.1 Å². The topological polar surface area (TPSA) is 35.6 Å². The normalized spacial score (nSPS) is 16.1. The van der Waals surface area contributed by atoms with Crippen molar-refractivity contribution in [1.82, 2.24) is 9.80 Å². The third-order valence-corrected chi connectivity index (χ3v) is 3.44. The molecule has 0 atom stereocenters. The van der Waals surface area contributed by atoms with E-state index in [0.29, 0.717) is 13.1 Å². The fraction of sp³-hybridized carbons (Fsp3) is 0.500. The number of anilines is 1. The zero-order chi connectivity index (χ0) is 14.7. The lowest BCUT2D eigenvalue weighted by Gasteiger charge is -2.34. The number of benzene rings is 1. The van der Waals surface area contributed by atoms with Crippen LogP contribution < -0.4 is 5.32 Å². The van der Waals surface area contributed by atoms with Crippen molar-refractivity contribution in [3.8, 4) is 0 Å². The van der Waals surface area contributed by atoms with Gasteiger partial charge in [-0.2, -0.15) is 0 Å². The number of urea groups is 1. The molecule has 4 nitrogen and oxygen atoms in total. The molecule has 0 spiro atoms. The van der Waals surface area contributed by atoms with Gasteiger partial charge in [0.1, 0.15) is 11.6 Å². The Morgan fingerprint density at radius 3 is 2.55 bits per heavy atom. The van der Waals surface area contributed by atoms with E-state index in [4.69, 9.17) is 0 Å². The van der Waals surface area contributed by atoms with Crippen molar-refractivity contribution in [2.24, 2.45) is 0 Å². The van der Waals surface area contributed by atoms with Gasteiger partial charge >= 0.3 is 6.03 Å². The summed E-state index contributed by atoms with van der Waals surface area (Å²) in [6.45, 7) is 1.23. The van der Waals surface area contributed by atoms with Gasteiger partial charge in [-0.05, 0) is 31.0 Å². The first-order valence-corrected chi connectivity index (χ1v) is 6.65. The van der Waals surface area contributed by atoms with Gasteiger partial charge in [-0.15, -0.1) is 0 Å². The van der Waals surface area contributed by atoms with E-state index in [1.54, 1.807) is 23.9 Å². The molecule has 2 rings (SSSR count). The van der Waals surface area contributed by atoms with Crippen LogP contribution in [0.25, 0.3) is 0 Å². The van der Waals surface area contributed by atoms with E-state index >= 15 is 0 Å². The van der Waals surface area contributed by atoms with Crippen molar-refractivity contribution < 1.29 is 13.6 Å². The van der Waals surface area contributed by atoms with Crippen LogP contribution in [-0.2, 0) is 0 Å². The molecule has 1 heterocycles. The first-order valence-electron chi connectivity index (χ1n) is 6.65. The number of nitrogens with zero attached hydrogens (tertiary/aromatic N) is 2. The minimum atomic E-state index is -0.464. The molecule has 0 unspecified atom stereocenters. The summed E-state index contributed by atoms with van der Waals surface area (Å²) < 4.78 is 26.6. The Labute approximate surface area is 117 Å². The van der Waals surface area contributed by atoms with Gasteiger partial charge in [-0.1, -0.05) is 0 Å². The summed E-state index contributed by atoms with van der Waals surface area (Å²) >= 11 is 0. The zero-order valence-electron chi connectivity index (χ0n) is 11.7. The second-order valence-corrected chi connectivity index (χ2v) is 5.21. The average Bonchev–Trinajstić information content (AvgIpc) is 2.43. The Bertz CT molecular complexity index is 485. The van der Waals surface area contributed by atoms with Crippen LogP contribution in [0, 0.1) is 11.6 Å². The molecule has 1 aromatic rings. The van der Waals surface area contributed by atoms with Crippen molar-refractivity contribution in [1.29, 1.82) is 0 Å². The van der Waals surface area contributed by atoms with Crippen molar-refractivity contribution in [2.45, 2.75) is 18.9 Å². The number of likely N-dealkylation sites (tertiary alicyclic amines) is 1. The zero-order valence-corrected chi connectivity index (χ0v) is 11.7. The molecule has 0 aliphatic carbocycles. The Kier molecular flexibility index (Phi) is 4.42. The number of rotatable bonds is 2. The molecule has 20 heavy (non-hydrogen) atoms. The number of hydrogen-bond donors (Lipinski definition) is 1. The predicted molar refractivity (Wildman–Crippen MR) is 73.7 cm³/mol. The van der Waals surface area contributed by atoms with E-state index in [1.165, 1.54) is 0 Å². The molecule has 1 fully saturated rings. The fourth-order valence-electron chi connectivity index (χ4n) is 2.33. The third-order valence-electron chi connectivity index (χ3n) is 3.44. The van der Waals surface area contributed by atoms with E-state index in [2.05, 4.69) is 5.32 Å². The molecule has 1 saturated heterocycles. The van der Waals surface area contributed by atoms with Crippen LogP contribution in [0.5, 0.6) is 0 Å². The van der Waals surface area contributed by atoms with Gasteiger partial charge in [0.15, 0.2) is 0 Å². The van der Waals surface area contributed by atoms with Gasteiger partial charge in [-0.3, -0.25) is 0 Å². The van der Waals surface area contributed by atoms with E-state index in [0.717, 1.165) is 31.0 Å². The second-order valence-electron chi connectivity index (χ2n) is 5.21. The molecule has 0 aromatic heterocycles. The Morgan fingerprint density at radius 1 is 1.30 bits per heavy atom. The number of carbonyl (C=O) groups is 1. The number of amides is 2. The quantitative estimate of drug-likeness (QED) is 0.905. The van der Waals surface area contributed by atoms with Gasteiger partial charge < -0.3 is 15.1 Å². The van der Waals surface area contributed by atoms with Crippen LogP contribution in [0.1, 0.15) is 12.8 Å².